The van der Waals surface area contributed by atoms with E-state index in [1.165, 1.54) is 5.57 Å². The fourth-order valence-electron chi connectivity index (χ4n) is 0.525. The van der Waals surface area contributed by atoms with Gasteiger partial charge in [-0.3, -0.25) is 0 Å². The highest BCUT2D eigenvalue weighted by Crippen LogP contribution is 2.02. The van der Waals surface area contributed by atoms with Crippen molar-refractivity contribution in [1.29, 1.82) is 0 Å². The lowest BCUT2D eigenvalue weighted by molar-refractivity contribution is 1.02. The summed E-state index contributed by atoms with van der Waals surface area (Å²) in [5.41, 5.74) is 1.44. The molecule has 7 heavy (non-hydrogen) atoms. The average molecular weight is 97.2 g/mol. The highest BCUT2D eigenvalue weighted by Gasteiger charge is 1.82. The summed E-state index contributed by atoms with van der Waals surface area (Å²) in [6.07, 6.45) is 4.25. The molecule has 0 aromatic heterocycles. The monoisotopic (exact) mass is 97.1 g/mol. The highest BCUT2D eigenvalue weighted by atomic mass is 13.9. The van der Waals surface area contributed by atoms with Gasteiger partial charge in [0.1, 0.15) is 0 Å². The zero-order chi connectivity index (χ0) is 5.70. The van der Waals surface area contributed by atoms with E-state index in [-0.39, 0.29) is 0 Å². The average Bonchev–Trinajstić information content (AvgIpc) is 1.72. The van der Waals surface area contributed by atoms with Crippen LogP contribution in [0.4, 0.5) is 0 Å². The van der Waals surface area contributed by atoms with Crippen molar-refractivity contribution < 1.29 is 0 Å². The van der Waals surface area contributed by atoms with Gasteiger partial charge in [-0.2, -0.15) is 0 Å². The summed E-state index contributed by atoms with van der Waals surface area (Å²) in [5, 5.41) is 0. The molecule has 0 fully saturated rings. The summed E-state index contributed by atoms with van der Waals surface area (Å²) < 4.78 is 0. The molecule has 0 nitrogen and oxygen atoms in total. The molecule has 0 spiro atoms. The molecule has 0 saturated heterocycles. The van der Waals surface area contributed by atoms with E-state index in [9.17, 15) is 0 Å². The van der Waals surface area contributed by atoms with Gasteiger partial charge in [0.15, 0.2) is 0 Å². The number of allylic oxidation sites excluding steroid dienone is 2. The molecule has 0 N–H and O–H groups in total. The minimum atomic E-state index is 0.965. The minimum Gasteiger partial charge on any atom is -0.0885 e. The molecule has 0 bridgehead atoms. The van der Waals surface area contributed by atoms with Crippen molar-refractivity contribution in [3.63, 3.8) is 0 Å². The van der Waals surface area contributed by atoms with Crippen LogP contribution in [0.3, 0.4) is 0 Å². The van der Waals surface area contributed by atoms with E-state index in [0.717, 1.165) is 12.8 Å². The van der Waals surface area contributed by atoms with E-state index >= 15 is 0 Å². The first-order valence-corrected chi connectivity index (χ1v) is 2.78. The molecule has 0 saturated carbocycles. The molecule has 0 aromatic rings. The maximum Gasteiger partial charge on any atom is -0.0320 e. The predicted molar refractivity (Wildman–Crippen MR) is 34.0 cm³/mol. The molecule has 0 aliphatic heterocycles. The van der Waals surface area contributed by atoms with E-state index in [4.69, 9.17) is 0 Å². The summed E-state index contributed by atoms with van der Waals surface area (Å²) in [4.78, 5) is 0. The Labute approximate surface area is 46.2 Å². The summed E-state index contributed by atoms with van der Waals surface area (Å²) in [7, 11) is 0. The predicted octanol–water partition coefficient (Wildman–Crippen LogP) is 2.57. The van der Waals surface area contributed by atoms with Crippen LogP contribution in [-0.2, 0) is 0 Å². The van der Waals surface area contributed by atoms with Gasteiger partial charge < -0.3 is 0 Å². The SMILES string of the molecule is [CH2]C/C(=C/C)CC. The van der Waals surface area contributed by atoms with Crippen LogP contribution in [0.5, 0.6) is 0 Å². The Morgan fingerprint density at radius 1 is 1.71 bits per heavy atom. The molecule has 0 amide bonds. The Kier molecular flexibility index (Phi) is 3.77. The Hall–Kier alpha value is -0.260. The van der Waals surface area contributed by atoms with Crippen molar-refractivity contribution in [2.24, 2.45) is 0 Å². The largest absolute Gasteiger partial charge is 0.0885 e. The molecule has 0 aliphatic rings. The summed E-state index contributed by atoms with van der Waals surface area (Å²) in [5.74, 6) is 0. The molecule has 0 rings (SSSR count). The lowest BCUT2D eigenvalue weighted by Gasteiger charge is -1.93. The zero-order valence-electron chi connectivity index (χ0n) is 5.20. The second-order valence-corrected chi connectivity index (χ2v) is 1.55. The Balaban J connectivity index is 3.38. The van der Waals surface area contributed by atoms with Crippen LogP contribution in [-0.4, -0.2) is 0 Å². The van der Waals surface area contributed by atoms with Crippen molar-refractivity contribution >= 4 is 0 Å². The third kappa shape index (κ3) is 2.44. The Morgan fingerprint density at radius 3 is 2.29 bits per heavy atom. The van der Waals surface area contributed by atoms with Crippen LogP contribution in [0.1, 0.15) is 26.7 Å². The van der Waals surface area contributed by atoms with Crippen LogP contribution in [0.15, 0.2) is 11.6 Å². The molecule has 41 valence electrons. The van der Waals surface area contributed by atoms with Gasteiger partial charge in [0.2, 0.25) is 0 Å². The van der Waals surface area contributed by atoms with Crippen LogP contribution >= 0.6 is 0 Å². The summed E-state index contributed by atoms with van der Waals surface area (Å²) >= 11 is 0. The van der Waals surface area contributed by atoms with Crippen LogP contribution in [0, 0.1) is 6.92 Å². The Bertz CT molecular complexity index is 54.4. The fraction of sp³-hybridized carbons (Fsp3) is 0.571. The Morgan fingerprint density at radius 2 is 2.29 bits per heavy atom. The molecule has 0 aromatic carbocycles. The van der Waals surface area contributed by atoms with Crippen molar-refractivity contribution in [1.82, 2.24) is 0 Å². The van der Waals surface area contributed by atoms with E-state index in [1.807, 2.05) is 0 Å². The van der Waals surface area contributed by atoms with Gasteiger partial charge in [0, 0.05) is 0 Å². The van der Waals surface area contributed by atoms with Crippen LogP contribution in [0.25, 0.3) is 0 Å². The maximum absolute atomic E-state index is 3.76. The second-order valence-electron chi connectivity index (χ2n) is 1.55. The van der Waals surface area contributed by atoms with Crippen molar-refractivity contribution in [3.8, 4) is 0 Å². The standard InChI is InChI=1S/C7H13/c1-4-7(5-2)6-3/h5H,1,4,6H2,2-3H3/b7-5-. The van der Waals surface area contributed by atoms with E-state index < -0.39 is 0 Å². The van der Waals surface area contributed by atoms with Gasteiger partial charge in [0.05, 0.1) is 0 Å². The van der Waals surface area contributed by atoms with Crippen molar-refractivity contribution in [3.05, 3.63) is 18.6 Å². The molecule has 1 radical (unpaired) electrons. The van der Waals surface area contributed by atoms with Crippen molar-refractivity contribution in [2.75, 3.05) is 0 Å². The van der Waals surface area contributed by atoms with Gasteiger partial charge in [-0.15, -0.1) is 0 Å². The van der Waals surface area contributed by atoms with Crippen LogP contribution in [0.2, 0.25) is 0 Å². The lowest BCUT2D eigenvalue weighted by atomic mass is 10.1. The fourth-order valence-corrected chi connectivity index (χ4v) is 0.525. The zero-order valence-corrected chi connectivity index (χ0v) is 5.20. The van der Waals surface area contributed by atoms with Crippen LogP contribution < -0.4 is 0 Å². The number of rotatable bonds is 2. The molecule has 0 atom stereocenters. The summed E-state index contributed by atoms with van der Waals surface area (Å²) in [6.45, 7) is 7.97. The number of hydrogen-bond donors (Lipinski definition) is 0. The van der Waals surface area contributed by atoms with Gasteiger partial charge in [-0.1, -0.05) is 18.6 Å². The third-order valence-electron chi connectivity index (χ3n) is 1.18. The number of hydrogen-bond acceptors (Lipinski definition) is 0. The van der Waals surface area contributed by atoms with Gasteiger partial charge in [0.25, 0.3) is 0 Å². The minimum absolute atomic E-state index is 0.965. The van der Waals surface area contributed by atoms with E-state index in [0.29, 0.717) is 0 Å². The molecular weight excluding hydrogens is 84.1 g/mol. The first kappa shape index (κ1) is 6.74. The van der Waals surface area contributed by atoms with Gasteiger partial charge >= 0.3 is 0 Å². The first-order valence-electron chi connectivity index (χ1n) is 2.78. The lowest BCUT2D eigenvalue weighted by Crippen LogP contribution is -1.72. The second kappa shape index (κ2) is 3.91. The third-order valence-corrected chi connectivity index (χ3v) is 1.18. The highest BCUT2D eigenvalue weighted by molar-refractivity contribution is 4.99. The quantitative estimate of drug-likeness (QED) is 0.464. The molecule has 0 aliphatic carbocycles. The first-order chi connectivity index (χ1) is 3.35. The van der Waals surface area contributed by atoms with Gasteiger partial charge in [-0.25, -0.2) is 0 Å². The van der Waals surface area contributed by atoms with E-state index in [2.05, 4.69) is 26.8 Å². The van der Waals surface area contributed by atoms with Crippen molar-refractivity contribution in [2.45, 2.75) is 26.7 Å². The molecule has 0 unspecified atom stereocenters. The maximum atomic E-state index is 3.76. The molecule has 0 heterocycles. The molecule has 0 heteroatoms. The topological polar surface area (TPSA) is 0 Å². The smallest absolute Gasteiger partial charge is 0.0320 e. The summed E-state index contributed by atoms with van der Waals surface area (Å²) in [6, 6.07) is 0. The van der Waals surface area contributed by atoms with E-state index in [1.54, 1.807) is 0 Å². The van der Waals surface area contributed by atoms with Gasteiger partial charge in [-0.05, 0) is 26.7 Å². The normalized spacial score (nSPS) is 12.1. The molecular formula is C7H13.